The topological polar surface area (TPSA) is 12.0 Å². The Balaban J connectivity index is 2.28. The number of nitrogens with one attached hydrogen (secondary N) is 1. The first-order valence-corrected chi connectivity index (χ1v) is 6.45. The molecule has 0 radical (unpaired) electrons. The van der Waals surface area contributed by atoms with Crippen LogP contribution in [-0.2, 0) is 0 Å². The average molecular weight is 232 g/mol. The molecule has 1 heterocycles. The van der Waals surface area contributed by atoms with E-state index in [1.54, 1.807) is 11.3 Å². The molecule has 0 aliphatic rings. The molecule has 1 aromatic rings. The fourth-order valence-corrected chi connectivity index (χ4v) is 2.75. The minimum atomic E-state index is 0.576. The van der Waals surface area contributed by atoms with Gasteiger partial charge in [-0.3, -0.25) is 0 Å². The van der Waals surface area contributed by atoms with Gasteiger partial charge in [-0.15, -0.1) is 11.3 Å². The van der Waals surface area contributed by atoms with Crippen LogP contribution in [0.25, 0.3) is 0 Å². The molecule has 1 unspecified atom stereocenters. The van der Waals surface area contributed by atoms with E-state index in [9.17, 15) is 0 Å². The Morgan fingerprint density at radius 2 is 2.29 bits per heavy atom. The number of hydrogen-bond donors (Lipinski definition) is 1. The van der Waals surface area contributed by atoms with E-state index in [1.807, 2.05) is 6.07 Å². The summed E-state index contributed by atoms with van der Waals surface area (Å²) in [5, 5.41) is 6.40. The molecule has 0 amide bonds. The smallest absolute Gasteiger partial charge is 0.0547 e. The summed E-state index contributed by atoms with van der Waals surface area (Å²) in [6, 6.07) is 1.98. The van der Waals surface area contributed by atoms with Crippen LogP contribution in [0.4, 0.5) is 0 Å². The molecule has 0 aliphatic carbocycles. The molecule has 0 saturated heterocycles. The fraction of sp³-hybridized carbons (Fsp3) is 0.636. The standard InChI is InChI=1S/C11H18ClNS/c1-3-6-13-7-4-9(2)11-10(12)5-8-14-11/h5,8-9,13H,3-4,6-7H2,1-2H3. The molecule has 3 heteroatoms. The Labute approximate surface area is 95.5 Å². The molecule has 1 N–H and O–H groups in total. The molecule has 1 rings (SSSR count). The summed E-state index contributed by atoms with van der Waals surface area (Å²) in [6.07, 6.45) is 2.37. The zero-order valence-electron chi connectivity index (χ0n) is 8.85. The third-order valence-corrected chi connectivity index (χ3v) is 3.86. The predicted octanol–water partition coefficient (Wildman–Crippen LogP) is 3.89. The monoisotopic (exact) mass is 231 g/mol. The van der Waals surface area contributed by atoms with Gasteiger partial charge in [0.15, 0.2) is 0 Å². The molecule has 0 bridgehead atoms. The third kappa shape index (κ3) is 3.60. The van der Waals surface area contributed by atoms with Gasteiger partial charge in [-0.05, 0) is 43.3 Å². The molecule has 14 heavy (non-hydrogen) atoms. The quantitative estimate of drug-likeness (QED) is 0.733. The van der Waals surface area contributed by atoms with Crippen LogP contribution < -0.4 is 5.32 Å². The summed E-state index contributed by atoms with van der Waals surface area (Å²) >= 11 is 7.83. The van der Waals surface area contributed by atoms with Gasteiger partial charge in [0.2, 0.25) is 0 Å². The summed E-state index contributed by atoms with van der Waals surface area (Å²) in [5.74, 6) is 0.576. The second-order valence-corrected chi connectivity index (χ2v) is 4.93. The highest BCUT2D eigenvalue weighted by Gasteiger charge is 2.10. The van der Waals surface area contributed by atoms with Crippen molar-refractivity contribution in [2.45, 2.75) is 32.6 Å². The second-order valence-electron chi connectivity index (χ2n) is 3.57. The normalized spacial score (nSPS) is 13.1. The van der Waals surface area contributed by atoms with E-state index < -0.39 is 0 Å². The van der Waals surface area contributed by atoms with Gasteiger partial charge in [-0.1, -0.05) is 25.4 Å². The Bertz CT molecular complexity index is 260. The van der Waals surface area contributed by atoms with Crippen LogP contribution in [-0.4, -0.2) is 13.1 Å². The molecule has 0 saturated carbocycles. The molecule has 1 nitrogen and oxygen atoms in total. The van der Waals surface area contributed by atoms with E-state index in [1.165, 1.54) is 17.7 Å². The molecule has 0 fully saturated rings. The van der Waals surface area contributed by atoms with Crippen molar-refractivity contribution in [3.05, 3.63) is 21.3 Å². The van der Waals surface area contributed by atoms with Crippen LogP contribution in [0.2, 0.25) is 5.02 Å². The number of thiophene rings is 1. The second kappa shape index (κ2) is 6.44. The number of halogens is 1. The van der Waals surface area contributed by atoms with Gasteiger partial charge in [0.05, 0.1) is 5.02 Å². The SMILES string of the molecule is CCCNCCC(C)c1sccc1Cl. The van der Waals surface area contributed by atoms with Crippen molar-refractivity contribution in [1.82, 2.24) is 5.32 Å². The highest BCUT2D eigenvalue weighted by Crippen LogP contribution is 2.31. The van der Waals surface area contributed by atoms with E-state index >= 15 is 0 Å². The average Bonchev–Trinajstić information content (AvgIpc) is 2.59. The summed E-state index contributed by atoms with van der Waals surface area (Å²) in [7, 11) is 0. The largest absolute Gasteiger partial charge is 0.317 e. The lowest BCUT2D eigenvalue weighted by atomic mass is 10.1. The Hall–Kier alpha value is -0.0500. The minimum absolute atomic E-state index is 0.576. The van der Waals surface area contributed by atoms with Gasteiger partial charge in [0.25, 0.3) is 0 Å². The van der Waals surface area contributed by atoms with Crippen molar-refractivity contribution in [3.63, 3.8) is 0 Å². The molecular formula is C11H18ClNS. The molecule has 0 aliphatic heterocycles. The maximum atomic E-state index is 6.06. The van der Waals surface area contributed by atoms with Crippen LogP contribution in [0.3, 0.4) is 0 Å². The van der Waals surface area contributed by atoms with Crippen LogP contribution in [0.5, 0.6) is 0 Å². The van der Waals surface area contributed by atoms with Gasteiger partial charge < -0.3 is 5.32 Å². The van der Waals surface area contributed by atoms with Crippen molar-refractivity contribution >= 4 is 22.9 Å². The maximum absolute atomic E-state index is 6.06. The van der Waals surface area contributed by atoms with Crippen molar-refractivity contribution in [2.75, 3.05) is 13.1 Å². The van der Waals surface area contributed by atoms with Crippen molar-refractivity contribution < 1.29 is 0 Å². The van der Waals surface area contributed by atoms with E-state index in [-0.39, 0.29) is 0 Å². The summed E-state index contributed by atoms with van der Waals surface area (Å²) in [6.45, 7) is 6.63. The fourth-order valence-electron chi connectivity index (χ4n) is 1.41. The molecule has 1 atom stereocenters. The van der Waals surface area contributed by atoms with Crippen LogP contribution >= 0.6 is 22.9 Å². The lowest BCUT2D eigenvalue weighted by Crippen LogP contribution is -2.17. The van der Waals surface area contributed by atoms with Crippen LogP contribution in [0.1, 0.15) is 37.5 Å². The Morgan fingerprint density at radius 3 is 2.86 bits per heavy atom. The predicted molar refractivity (Wildman–Crippen MR) is 65.5 cm³/mol. The Morgan fingerprint density at radius 1 is 1.50 bits per heavy atom. The van der Waals surface area contributed by atoms with E-state index in [0.29, 0.717) is 5.92 Å². The van der Waals surface area contributed by atoms with Crippen LogP contribution in [0.15, 0.2) is 11.4 Å². The lowest BCUT2D eigenvalue weighted by molar-refractivity contribution is 0.595. The van der Waals surface area contributed by atoms with Crippen LogP contribution in [0, 0.1) is 0 Å². The van der Waals surface area contributed by atoms with Gasteiger partial charge >= 0.3 is 0 Å². The molecule has 80 valence electrons. The molecular weight excluding hydrogens is 214 g/mol. The zero-order valence-corrected chi connectivity index (χ0v) is 10.4. The number of rotatable bonds is 6. The summed E-state index contributed by atoms with van der Waals surface area (Å²) < 4.78 is 0. The first-order chi connectivity index (χ1) is 6.75. The number of hydrogen-bond acceptors (Lipinski definition) is 2. The van der Waals surface area contributed by atoms with Crippen molar-refractivity contribution in [1.29, 1.82) is 0 Å². The van der Waals surface area contributed by atoms with Crippen molar-refractivity contribution in [3.8, 4) is 0 Å². The van der Waals surface area contributed by atoms with Gasteiger partial charge in [0, 0.05) is 4.88 Å². The van der Waals surface area contributed by atoms with E-state index in [0.717, 1.165) is 18.1 Å². The maximum Gasteiger partial charge on any atom is 0.0547 e. The third-order valence-electron chi connectivity index (χ3n) is 2.27. The molecule has 0 spiro atoms. The highest BCUT2D eigenvalue weighted by molar-refractivity contribution is 7.10. The van der Waals surface area contributed by atoms with Gasteiger partial charge in [-0.25, -0.2) is 0 Å². The zero-order chi connectivity index (χ0) is 10.4. The van der Waals surface area contributed by atoms with Gasteiger partial charge in [0.1, 0.15) is 0 Å². The van der Waals surface area contributed by atoms with Gasteiger partial charge in [-0.2, -0.15) is 0 Å². The Kier molecular flexibility index (Phi) is 5.53. The summed E-state index contributed by atoms with van der Waals surface area (Å²) in [4.78, 5) is 1.32. The minimum Gasteiger partial charge on any atom is -0.317 e. The lowest BCUT2D eigenvalue weighted by Gasteiger charge is -2.10. The highest BCUT2D eigenvalue weighted by atomic mass is 35.5. The van der Waals surface area contributed by atoms with E-state index in [4.69, 9.17) is 11.6 Å². The van der Waals surface area contributed by atoms with E-state index in [2.05, 4.69) is 24.5 Å². The van der Waals surface area contributed by atoms with Crippen molar-refractivity contribution in [2.24, 2.45) is 0 Å². The molecule has 0 aromatic carbocycles. The first kappa shape index (κ1) is 12.0. The summed E-state index contributed by atoms with van der Waals surface area (Å²) in [5.41, 5.74) is 0. The molecule has 1 aromatic heterocycles. The first-order valence-electron chi connectivity index (χ1n) is 5.19.